The molecule has 1 aliphatic rings. The molecule has 224 valence electrons. The molecule has 2 heterocycles. The van der Waals surface area contributed by atoms with Gasteiger partial charge in [-0.2, -0.15) is 0 Å². The monoisotopic (exact) mass is 612 g/mol. The van der Waals surface area contributed by atoms with Gasteiger partial charge in [0.05, 0.1) is 0 Å². The quantitative estimate of drug-likeness (QED) is 0.182. The molecule has 0 radical (unpaired) electrons. The molecule has 1 aliphatic carbocycles. The second kappa shape index (κ2) is 9.70. The van der Waals surface area contributed by atoms with Gasteiger partial charge in [0.15, 0.2) is 0 Å². The van der Waals surface area contributed by atoms with Crippen LogP contribution >= 0.6 is 0 Å². The molecule has 10 aromatic rings. The Balaban J connectivity index is 1.16. The molecular formula is C46H28O2. The van der Waals surface area contributed by atoms with Gasteiger partial charge >= 0.3 is 0 Å². The molecule has 0 atom stereocenters. The Labute approximate surface area is 276 Å². The third kappa shape index (κ3) is 3.57. The van der Waals surface area contributed by atoms with Crippen molar-refractivity contribution in [1.29, 1.82) is 0 Å². The zero-order valence-corrected chi connectivity index (χ0v) is 26.1. The minimum absolute atomic E-state index is 0.902. The number of allylic oxidation sites excluding steroid dienone is 1. The van der Waals surface area contributed by atoms with Gasteiger partial charge in [-0.1, -0.05) is 97.1 Å². The number of rotatable bonds is 2. The Hall–Kier alpha value is -6.12. The lowest BCUT2D eigenvalue weighted by Crippen LogP contribution is -1.91. The number of fused-ring (bicyclic) bond motifs is 12. The van der Waals surface area contributed by atoms with Crippen molar-refractivity contribution in [3.63, 3.8) is 0 Å². The van der Waals surface area contributed by atoms with Crippen LogP contribution in [-0.2, 0) is 6.42 Å². The first-order chi connectivity index (χ1) is 23.8. The summed E-state index contributed by atoms with van der Waals surface area (Å²) in [5.74, 6) is 0.997. The molecule has 48 heavy (non-hydrogen) atoms. The van der Waals surface area contributed by atoms with E-state index in [1.807, 2.05) is 0 Å². The van der Waals surface area contributed by atoms with Gasteiger partial charge in [-0.25, -0.2) is 0 Å². The normalized spacial score (nSPS) is 13.2. The minimum atomic E-state index is 0.902. The Bertz CT molecular complexity index is 2950. The Kier molecular flexibility index (Phi) is 5.25. The van der Waals surface area contributed by atoms with E-state index < -0.39 is 0 Å². The van der Waals surface area contributed by atoms with Gasteiger partial charge in [0.25, 0.3) is 0 Å². The third-order valence-corrected chi connectivity index (χ3v) is 10.5. The van der Waals surface area contributed by atoms with Gasteiger partial charge < -0.3 is 8.83 Å². The summed E-state index contributed by atoms with van der Waals surface area (Å²) in [5.41, 5.74) is 8.98. The fraction of sp³-hybridized carbons (Fsp3) is 0.0435. The molecule has 0 amide bonds. The van der Waals surface area contributed by atoms with Gasteiger partial charge in [-0.15, -0.1) is 0 Å². The largest absolute Gasteiger partial charge is 0.456 e. The Morgan fingerprint density at radius 1 is 0.417 bits per heavy atom. The first-order valence-electron chi connectivity index (χ1n) is 16.7. The number of aryl methyl sites for hydroxylation is 1. The van der Waals surface area contributed by atoms with Crippen LogP contribution < -0.4 is 0 Å². The number of benzene rings is 8. The smallest absolute Gasteiger partial charge is 0.136 e. The lowest BCUT2D eigenvalue weighted by atomic mass is 9.85. The van der Waals surface area contributed by atoms with Crippen molar-refractivity contribution in [3.05, 3.63) is 151 Å². The molecule has 0 spiro atoms. The van der Waals surface area contributed by atoms with E-state index in [2.05, 4.69) is 146 Å². The van der Waals surface area contributed by atoms with Crippen molar-refractivity contribution in [2.45, 2.75) is 12.8 Å². The number of hydrogen-bond donors (Lipinski definition) is 0. The van der Waals surface area contributed by atoms with Crippen LogP contribution in [-0.4, -0.2) is 0 Å². The molecule has 2 aromatic heterocycles. The summed E-state index contributed by atoms with van der Waals surface area (Å²) < 4.78 is 12.9. The molecule has 0 unspecified atom stereocenters. The van der Waals surface area contributed by atoms with Gasteiger partial charge in [-0.3, -0.25) is 0 Å². The van der Waals surface area contributed by atoms with Crippen molar-refractivity contribution >= 4 is 82.1 Å². The maximum Gasteiger partial charge on any atom is 0.136 e. The van der Waals surface area contributed by atoms with E-state index >= 15 is 0 Å². The molecule has 0 N–H and O–H groups in total. The minimum Gasteiger partial charge on any atom is -0.456 e. The molecule has 0 bridgehead atoms. The van der Waals surface area contributed by atoms with E-state index in [1.165, 1.54) is 76.1 Å². The summed E-state index contributed by atoms with van der Waals surface area (Å²) in [6, 6.07) is 48.6. The van der Waals surface area contributed by atoms with Gasteiger partial charge in [-0.05, 0) is 127 Å². The average molecular weight is 613 g/mol. The highest BCUT2D eigenvalue weighted by atomic mass is 16.3. The standard InChI is InChI=1S/C46H28O2/c1-2-10-28-25-29(18-17-27(28)9-1)43-31-11-3-5-13-33(31)44(34-14-6-4-12-32(34)43)30-19-20-38-42(26-30)48-41-24-22-35-36(46(38)41)21-23-40-45(35)37-15-7-8-16-39(37)47-40/h1-6,8-14,16-26H,7,15H2. The molecule has 0 saturated carbocycles. The van der Waals surface area contributed by atoms with Crippen LogP contribution in [0.15, 0.2) is 148 Å². The number of furan rings is 2. The van der Waals surface area contributed by atoms with Crippen molar-refractivity contribution < 1.29 is 8.83 Å². The highest BCUT2D eigenvalue weighted by Crippen LogP contribution is 2.46. The summed E-state index contributed by atoms with van der Waals surface area (Å²) in [6.07, 6.45) is 6.38. The highest BCUT2D eigenvalue weighted by Gasteiger charge is 2.21. The SMILES string of the molecule is C1=Cc2oc3ccc4c(ccc5oc6cc(-c7c8ccccc8c(-c8ccc9ccccc9c8)c8ccccc78)ccc6c54)c3c2CC1. The first kappa shape index (κ1) is 26.0. The summed E-state index contributed by atoms with van der Waals surface area (Å²) >= 11 is 0. The van der Waals surface area contributed by atoms with Crippen LogP contribution in [0.25, 0.3) is 104 Å². The van der Waals surface area contributed by atoms with Crippen molar-refractivity contribution in [3.8, 4) is 22.3 Å². The van der Waals surface area contributed by atoms with E-state index in [4.69, 9.17) is 8.83 Å². The van der Waals surface area contributed by atoms with Crippen LogP contribution in [0.2, 0.25) is 0 Å². The average Bonchev–Trinajstić information content (AvgIpc) is 3.72. The Morgan fingerprint density at radius 2 is 1.00 bits per heavy atom. The fourth-order valence-electron chi connectivity index (χ4n) is 8.41. The van der Waals surface area contributed by atoms with Crippen molar-refractivity contribution in [2.75, 3.05) is 0 Å². The predicted molar refractivity (Wildman–Crippen MR) is 202 cm³/mol. The van der Waals surface area contributed by atoms with Crippen LogP contribution in [0.3, 0.4) is 0 Å². The molecule has 11 rings (SSSR count). The van der Waals surface area contributed by atoms with Gasteiger partial charge in [0, 0.05) is 21.7 Å². The zero-order valence-electron chi connectivity index (χ0n) is 26.1. The molecule has 0 fully saturated rings. The Morgan fingerprint density at radius 3 is 1.73 bits per heavy atom. The lowest BCUT2D eigenvalue weighted by molar-refractivity contribution is 0.595. The van der Waals surface area contributed by atoms with Crippen molar-refractivity contribution in [1.82, 2.24) is 0 Å². The fourth-order valence-corrected chi connectivity index (χ4v) is 8.41. The molecule has 0 aliphatic heterocycles. The molecule has 2 heteroatoms. The maximum absolute atomic E-state index is 6.65. The topological polar surface area (TPSA) is 26.3 Å². The van der Waals surface area contributed by atoms with Crippen LogP contribution in [0.5, 0.6) is 0 Å². The summed E-state index contributed by atoms with van der Waals surface area (Å²) in [4.78, 5) is 0. The van der Waals surface area contributed by atoms with Crippen LogP contribution in [0.1, 0.15) is 17.7 Å². The third-order valence-electron chi connectivity index (χ3n) is 10.5. The van der Waals surface area contributed by atoms with Crippen LogP contribution in [0, 0.1) is 0 Å². The lowest BCUT2D eigenvalue weighted by Gasteiger charge is -2.18. The zero-order chi connectivity index (χ0) is 31.3. The van der Waals surface area contributed by atoms with E-state index in [-0.39, 0.29) is 0 Å². The maximum atomic E-state index is 6.65. The summed E-state index contributed by atoms with van der Waals surface area (Å²) in [6.45, 7) is 0. The first-order valence-corrected chi connectivity index (χ1v) is 16.7. The van der Waals surface area contributed by atoms with E-state index in [9.17, 15) is 0 Å². The van der Waals surface area contributed by atoms with E-state index in [0.29, 0.717) is 0 Å². The highest BCUT2D eigenvalue weighted by molar-refractivity contribution is 6.25. The van der Waals surface area contributed by atoms with E-state index in [1.54, 1.807) is 0 Å². The molecule has 2 nitrogen and oxygen atoms in total. The van der Waals surface area contributed by atoms with Crippen LogP contribution in [0.4, 0.5) is 0 Å². The van der Waals surface area contributed by atoms with E-state index in [0.717, 1.165) is 46.3 Å². The second-order valence-electron chi connectivity index (χ2n) is 13.1. The summed E-state index contributed by atoms with van der Waals surface area (Å²) in [7, 11) is 0. The molecular weight excluding hydrogens is 585 g/mol. The molecule has 8 aromatic carbocycles. The number of hydrogen-bond acceptors (Lipinski definition) is 2. The van der Waals surface area contributed by atoms with Gasteiger partial charge in [0.2, 0.25) is 0 Å². The molecule has 0 saturated heterocycles. The predicted octanol–water partition coefficient (Wildman–Crippen LogP) is 13.2. The second-order valence-corrected chi connectivity index (χ2v) is 13.1. The summed E-state index contributed by atoms with van der Waals surface area (Å²) in [5, 5.41) is 13.5. The van der Waals surface area contributed by atoms with Crippen molar-refractivity contribution in [2.24, 2.45) is 0 Å². The van der Waals surface area contributed by atoms with Gasteiger partial charge in [0.1, 0.15) is 22.5 Å².